The number of esters is 1. The Bertz CT molecular complexity index is 949. The standard InChI is InChI=1S/C20H15NO4S/c1-13-14(10-11-24-13)20(23)25-12-19(22)21-15-6-2-4-8-17(15)26-18-9-5-3-7-16(18)21/h2-11H,12H2,1H3. The Kier molecular flexibility index (Phi) is 4.26. The van der Waals surface area contributed by atoms with Crippen LogP contribution in [0.4, 0.5) is 11.4 Å². The fourth-order valence-electron chi connectivity index (χ4n) is 2.84. The Morgan fingerprint density at radius 3 is 2.19 bits per heavy atom. The summed E-state index contributed by atoms with van der Waals surface area (Å²) in [6.45, 7) is 1.32. The first-order chi connectivity index (χ1) is 12.6. The number of anilines is 2. The van der Waals surface area contributed by atoms with E-state index in [0.29, 0.717) is 11.3 Å². The molecule has 1 amide bonds. The fraction of sp³-hybridized carbons (Fsp3) is 0.100. The van der Waals surface area contributed by atoms with Gasteiger partial charge >= 0.3 is 5.97 Å². The number of benzene rings is 2. The zero-order chi connectivity index (χ0) is 18.1. The average Bonchev–Trinajstić information content (AvgIpc) is 3.10. The molecule has 0 fully saturated rings. The van der Waals surface area contributed by atoms with Gasteiger partial charge in [0, 0.05) is 9.79 Å². The lowest BCUT2D eigenvalue weighted by molar-refractivity contribution is -0.121. The molecule has 0 aliphatic carbocycles. The molecule has 6 heteroatoms. The van der Waals surface area contributed by atoms with E-state index in [1.807, 2.05) is 48.5 Å². The van der Waals surface area contributed by atoms with E-state index in [1.54, 1.807) is 23.6 Å². The Balaban J connectivity index is 1.60. The summed E-state index contributed by atoms with van der Waals surface area (Å²) < 4.78 is 10.3. The maximum Gasteiger partial charge on any atom is 0.342 e. The lowest BCUT2D eigenvalue weighted by atomic mass is 10.2. The number of rotatable bonds is 3. The number of ether oxygens (including phenoxy) is 1. The van der Waals surface area contributed by atoms with E-state index in [9.17, 15) is 9.59 Å². The number of carbonyl (C=O) groups is 2. The quantitative estimate of drug-likeness (QED) is 0.636. The van der Waals surface area contributed by atoms with Crippen LogP contribution in [0.15, 0.2) is 75.1 Å². The molecule has 0 bridgehead atoms. The van der Waals surface area contributed by atoms with Crippen LogP contribution in [0.5, 0.6) is 0 Å². The molecule has 0 unspecified atom stereocenters. The third kappa shape index (κ3) is 2.88. The summed E-state index contributed by atoms with van der Waals surface area (Å²) in [6, 6.07) is 16.9. The van der Waals surface area contributed by atoms with E-state index in [1.165, 1.54) is 12.3 Å². The highest BCUT2D eigenvalue weighted by Crippen LogP contribution is 2.47. The van der Waals surface area contributed by atoms with Gasteiger partial charge in [-0.05, 0) is 37.3 Å². The van der Waals surface area contributed by atoms with Crippen molar-refractivity contribution in [2.24, 2.45) is 0 Å². The Morgan fingerprint density at radius 2 is 1.62 bits per heavy atom. The zero-order valence-electron chi connectivity index (χ0n) is 14.0. The van der Waals surface area contributed by atoms with Crippen molar-refractivity contribution in [1.82, 2.24) is 0 Å². The Hall–Kier alpha value is -2.99. The van der Waals surface area contributed by atoms with Gasteiger partial charge in [-0.2, -0.15) is 0 Å². The highest BCUT2D eigenvalue weighted by atomic mass is 32.2. The number of hydrogen-bond donors (Lipinski definition) is 0. The van der Waals surface area contributed by atoms with Crippen LogP contribution >= 0.6 is 11.8 Å². The molecule has 1 aliphatic heterocycles. The molecule has 0 radical (unpaired) electrons. The Morgan fingerprint density at radius 1 is 1.00 bits per heavy atom. The highest BCUT2D eigenvalue weighted by molar-refractivity contribution is 7.99. The van der Waals surface area contributed by atoms with E-state index in [4.69, 9.17) is 9.15 Å². The molecule has 4 rings (SSSR count). The predicted molar refractivity (Wildman–Crippen MR) is 97.9 cm³/mol. The van der Waals surface area contributed by atoms with Gasteiger partial charge in [-0.3, -0.25) is 9.69 Å². The van der Waals surface area contributed by atoms with Crippen LogP contribution in [0, 0.1) is 6.92 Å². The van der Waals surface area contributed by atoms with E-state index in [-0.39, 0.29) is 12.5 Å². The third-order valence-electron chi connectivity index (χ3n) is 4.09. The third-order valence-corrected chi connectivity index (χ3v) is 5.22. The van der Waals surface area contributed by atoms with Crippen molar-refractivity contribution in [2.45, 2.75) is 16.7 Å². The van der Waals surface area contributed by atoms with E-state index >= 15 is 0 Å². The number of hydrogen-bond acceptors (Lipinski definition) is 5. The first-order valence-corrected chi connectivity index (χ1v) is 8.87. The number of carbonyl (C=O) groups excluding carboxylic acids is 2. The first-order valence-electron chi connectivity index (χ1n) is 8.05. The normalized spacial score (nSPS) is 12.3. The van der Waals surface area contributed by atoms with Crippen LogP contribution in [-0.4, -0.2) is 18.5 Å². The largest absolute Gasteiger partial charge is 0.469 e. The van der Waals surface area contributed by atoms with Gasteiger partial charge in [0.25, 0.3) is 5.91 Å². The van der Waals surface area contributed by atoms with Crippen LogP contribution in [0.1, 0.15) is 16.1 Å². The lowest BCUT2D eigenvalue weighted by Crippen LogP contribution is -2.32. The second kappa shape index (κ2) is 6.72. The molecule has 0 saturated heterocycles. The number of para-hydroxylation sites is 2. The maximum absolute atomic E-state index is 12.9. The summed E-state index contributed by atoms with van der Waals surface area (Å²) >= 11 is 1.61. The van der Waals surface area contributed by atoms with E-state index < -0.39 is 5.97 Å². The van der Waals surface area contributed by atoms with Crippen LogP contribution < -0.4 is 4.90 Å². The first kappa shape index (κ1) is 16.5. The molecule has 1 aliphatic rings. The van der Waals surface area contributed by atoms with Crippen molar-refractivity contribution in [3.8, 4) is 0 Å². The summed E-state index contributed by atoms with van der Waals surface area (Å²) in [5, 5.41) is 0. The number of nitrogens with zero attached hydrogens (tertiary/aromatic N) is 1. The number of fused-ring (bicyclic) bond motifs is 2. The maximum atomic E-state index is 12.9. The molecule has 0 spiro atoms. The second-order valence-electron chi connectivity index (χ2n) is 5.73. The van der Waals surface area contributed by atoms with Crippen LogP contribution in [0.25, 0.3) is 0 Å². The van der Waals surface area contributed by atoms with Gasteiger partial charge in [0.1, 0.15) is 11.3 Å². The molecule has 2 heterocycles. The van der Waals surface area contributed by atoms with Gasteiger partial charge in [-0.15, -0.1) is 0 Å². The number of amides is 1. The van der Waals surface area contributed by atoms with Crippen LogP contribution in [0.2, 0.25) is 0 Å². The van der Waals surface area contributed by atoms with Gasteiger partial charge in [-0.25, -0.2) is 4.79 Å². The average molecular weight is 365 g/mol. The molecule has 0 N–H and O–H groups in total. The Labute approximate surface area is 154 Å². The summed E-state index contributed by atoms with van der Waals surface area (Å²) in [6.07, 6.45) is 1.42. The predicted octanol–water partition coefficient (Wildman–Crippen LogP) is 4.57. The minimum atomic E-state index is -0.572. The molecule has 0 atom stereocenters. The van der Waals surface area contributed by atoms with Crippen LogP contribution in [0.3, 0.4) is 0 Å². The summed E-state index contributed by atoms with van der Waals surface area (Å²) in [5.41, 5.74) is 1.90. The fourth-order valence-corrected chi connectivity index (χ4v) is 3.90. The summed E-state index contributed by atoms with van der Waals surface area (Å²) in [5.74, 6) is -0.412. The van der Waals surface area contributed by atoms with Crippen molar-refractivity contribution in [1.29, 1.82) is 0 Å². The summed E-state index contributed by atoms with van der Waals surface area (Å²) in [4.78, 5) is 28.6. The second-order valence-corrected chi connectivity index (χ2v) is 6.82. The van der Waals surface area contributed by atoms with Gasteiger partial charge in [0.15, 0.2) is 6.61 Å². The van der Waals surface area contributed by atoms with Crippen molar-refractivity contribution >= 4 is 35.0 Å². The minimum Gasteiger partial charge on any atom is -0.469 e. The van der Waals surface area contributed by atoms with E-state index in [2.05, 4.69) is 0 Å². The van der Waals surface area contributed by atoms with Gasteiger partial charge in [-0.1, -0.05) is 36.0 Å². The SMILES string of the molecule is Cc1occc1C(=O)OCC(=O)N1c2ccccc2Sc2ccccc21. The summed E-state index contributed by atoms with van der Waals surface area (Å²) in [7, 11) is 0. The van der Waals surface area contributed by atoms with E-state index in [0.717, 1.165) is 21.2 Å². The van der Waals surface area contributed by atoms with Gasteiger partial charge < -0.3 is 9.15 Å². The number of aryl methyl sites for hydroxylation is 1. The van der Waals surface area contributed by atoms with Crippen LogP contribution in [-0.2, 0) is 9.53 Å². The highest BCUT2D eigenvalue weighted by Gasteiger charge is 2.28. The molecule has 130 valence electrons. The molecule has 5 nitrogen and oxygen atoms in total. The molecule has 0 saturated carbocycles. The van der Waals surface area contributed by atoms with Crippen molar-refractivity contribution in [3.63, 3.8) is 0 Å². The molecular weight excluding hydrogens is 350 g/mol. The van der Waals surface area contributed by atoms with Crippen molar-refractivity contribution in [2.75, 3.05) is 11.5 Å². The molecule has 1 aromatic heterocycles. The van der Waals surface area contributed by atoms with Crippen molar-refractivity contribution in [3.05, 3.63) is 72.2 Å². The molecule has 3 aromatic rings. The monoisotopic (exact) mass is 365 g/mol. The topological polar surface area (TPSA) is 59.8 Å². The molecule has 2 aromatic carbocycles. The lowest BCUT2D eigenvalue weighted by Gasteiger charge is -2.30. The van der Waals surface area contributed by atoms with Gasteiger partial charge in [0.2, 0.25) is 0 Å². The van der Waals surface area contributed by atoms with Crippen molar-refractivity contribution < 1.29 is 18.7 Å². The molecule has 26 heavy (non-hydrogen) atoms. The minimum absolute atomic E-state index is 0.306. The molecular formula is C20H15NO4S. The number of furan rings is 1. The zero-order valence-corrected chi connectivity index (χ0v) is 14.8. The smallest absolute Gasteiger partial charge is 0.342 e. The van der Waals surface area contributed by atoms with Gasteiger partial charge in [0.05, 0.1) is 17.6 Å².